The van der Waals surface area contributed by atoms with Crippen molar-refractivity contribution < 1.29 is 29.0 Å². The molecule has 0 fully saturated rings. The van der Waals surface area contributed by atoms with Crippen molar-refractivity contribution in [2.24, 2.45) is 0 Å². The summed E-state index contributed by atoms with van der Waals surface area (Å²) in [6.45, 7) is 5.28. The van der Waals surface area contributed by atoms with E-state index < -0.39 is 29.5 Å². The van der Waals surface area contributed by atoms with Crippen molar-refractivity contribution in [3.8, 4) is 0 Å². The van der Waals surface area contributed by atoms with Gasteiger partial charge in [-0.2, -0.15) is 0 Å². The summed E-state index contributed by atoms with van der Waals surface area (Å²) in [5.74, 6) is -2.18. The van der Waals surface area contributed by atoms with Crippen LogP contribution >= 0.6 is 31.9 Å². The number of benzene rings is 2. The number of aliphatic hydroxyl groups is 1. The van der Waals surface area contributed by atoms with E-state index in [2.05, 4.69) is 37.2 Å². The van der Waals surface area contributed by atoms with E-state index in [1.807, 2.05) is 13.8 Å². The number of ether oxygens (including phenoxy) is 2. The van der Waals surface area contributed by atoms with E-state index in [1.165, 1.54) is 18.1 Å². The van der Waals surface area contributed by atoms with Gasteiger partial charge in [0, 0.05) is 26.2 Å². The third-order valence-electron chi connectivity index (χ3n) is 5.36. The van der Waals surface area contributed by atoms with Gasteiger partial charge in [-0.3, -0.25) is 4.79 Å². The summed E-state index contributed by atoms with van der Waals surface area (Å²) in [5.41, 5.74) is -0.737. The minimum atomic E-state index is -1.95. The molecule has 176 valence electrons. The van der Waals surface area contributed by atoms with Gasteiger partial charge in [0.1, 0.15) is 0 Å². The number of para-hydroxylation sites is 1. The fourth-order valence-corrected chi connectivity index (χ4v) is 4.86. The molecular formula is C23H24Br2N2O6. The molecule has 33 heavy (non-hydrogen) atoms. The highest BCUT2D eigenvalue weighted by Gasteiger charge is 2.60. The van der Waals surface area contributed by atoms with Crippen LogP contribution in [0.15, 0.2) is 45.3 Å². The van der Waals surface area contributed by atoms with Crippen LogP contribution < -0.4 is 10.2 Å². The Morgan fingerprint density at radius 3 is 2.52 bits per heavy atom. The maximum Gasteiger partial charge on any atom is 0.340 e. The lowest BCUT2D eigenvalue weighted by Gasteiger charge is -2.35. The Labute approximate surface area is 208 Å². The second-order valence-electron chi connectivity index (χ2n) is 7.67. The van der Waals surface area contributed by atoms with Crippen molar-refractivity contribution in [2.75, 3.05) is 23.9 Å². The maximum atomic E-state index is 14.0. The zero-order valence-corrected chi connectivity index (χ0v) is 21.7. The molecule has 2 unspecified atom stereocenters. The lowest BCUT2D eigenvalue weighted by atomic mass is 9.84. The van der Waals surface area contributed by atoms with Crippen LogP contribution in [0.4, 0.5) is 11.4 Å². The van der Waals surface area contributed by atoms with Gasteiger partial charge in [0.05, 0.1) is 25.0 Å². The number of amides is 1. The van der Waals surface area contributed by atoms with E-state index in [-0.39, 0.29) is 23.9 Å². The smallest absolute Gasteiger partial charge is 0.340 e. The Kier molecular flexibility index (Phi) is 7.50. The highest BCUT2D eigenvalue weighted by molar-refractivity contribution is 9.10. The summed E-state index contributed by atoms with van der Waals surface area (Å²) < 4.78 is 11.2. The molecule has 1 heterocycles. The second kappa shape index (κ2) is 9.82. The molecule has 2 aromatic rings. The summed E-state index contributed by atoms with van der Waals surface area (Å²) in [6.07, 6.45) is -1.91. The van der Waals surface area contributed by atoms with Gasteiger partial charge in [-0.1, -0.05) is 28.1 Å². The lowest BCUT2D eigenvalue weighted by Crippen LogP contribution is -2.58. The van der Waals surface area contributed by atoms with Crippen LogP contribution in [0.3, 0.4) is 0 Å². The van der Waals surface area contributed by atoms with E-state index in [9.17, 15) is 19.5 Å². The van der Waals surface area contributed by atoms with Crippen LogP contribution in [0.1, 0.15) is 36.7 Å². The van der Waals surface area contributed by atoms with Crippen LogP contribution in [0, 0.1) is 0 Å². The molecule has 0 bridgehead atoms. The van der Waals surface area contributed by atoms with Gasteiger partial charge >= 0.3 is 11.9 Å². The first-order chi connectivity index (χ1) is 15.6. The number of carbonyl (C=O) groups excluding carboxylic acids is 3. The van der Waals surface area contributed by atoms with Crippen molar-refractivity contribution >= 4 is 61.1 Å². The van der Waals surface area contributed by atoms with Gasteiger partial charge in [-0.05, 0) is 61.0 Å². The van der Waals surface area contributed by atoms with Gasteiger partial charge in [0.25, 0.3) is 5.91 Å². The van der Waals surface area contributed by atoms with E-state index in [0.29, 0.717) is 20.2 Å². The Morgan fingerprint density at radius 2 is 1.91 bits per heavy atom. The van der Waals surface area contributed by atoms with Crippen molar-refractivity contribution in [1.82, 2.24) is 0 Å². The number of carbonyl (C=O) groups is 3. The molecule has 8 nitrogen and oxygen atoms in total. The predicted molar refractivity (Wildman–Crippen MR) is 130 cm³/mol. The normalized spacial score (nSPS) is 18.2. The Hall–Kier alpha value is -2.43. The molecule has 0 radical (unpaired) electrons. The summed E-state index contributed by atoms with van der Waals surface area (Å²) in [5, 5.41) is 14.3. The molecule has 1 aliphatic rings. The first-order valence-corrected chi connectivity index (χ1v) is 11.8. The second-order valence-corrected chi connectivity index (χ2v) is 9.44. The van der Waals surface area contributed by atoms with Crippen molar-refractivity contribution in [1.29, 1.82) is 0 Å². The topological polar surface area (TPSA) is 105 Å². The van der Waals surface area contributed by atoms with Crippen molar-refractivity contribution in [3.63, 3.8) is 0 Å². The molecular weight excluding hydrogens is 560 g/mol. The Morgan fingerprint density at radius 1 is 1.21 bits per heavy atom. The molecule has 1 aliphatic heterocycles. The molecule has 2 aromatic carbocycles. The summed E-state index contributed by atoms with van der Waals surface area (Å²) in [7, 11) is 1.24. The van der Waals surface area contributed by atoms with E-state index in [1.54, 1.807) is 37.3 Å². The molecule has 0 saturated heterocycles. The number of rotatable bonds is 7. The summed E-state index contributed by atoms with van der Waals surface area (Å²) in [4.78, 5) is 40.8. The third kappa shape index (κ3) is 4.27. The first kappa shape index (κ1) is 25.2. The number of nitrogens with zero attached hydrogens (tertiary/aromatic N) is 1. The zero-order chi connectivity index (χ0) is 24.5. The van der Waals surface area contributed by atoms with Gasteiger partial charge in [0.2, 0.25) is 0 Å². The molecule has 1 amide bonds. The van der Waals surface area contributed by atoms with E-state index in [4.69, 9.17) is 9.47 Å². The Bertz CT molecular complexity index is 1110. The molecule has 0 aliphatic carbocycles. The lowest BCUT2D eigenvalue weighted by molar-refractivity contribution is -0.159. The standard InChI is InChI=1S/C23H24Br2N2O6/c1-5-33-21(30)19(28)23(26-17-10-9-13(24)11-14(17)20(29)32-4)15-7-6-8-16(25)18(15)27(12(2)3)22(23)31/h6-12,19,26,28H,5H2,1-4H3. The van der Waals surface area contributed by atoms with Crippen LogP contribution in [0.2, 0.25) is 0 Å². The van der Waals surface area contributed by atoms with Crippen LogP contribution in [-0.4, -0.2) is 48.8 Å². The summed E-state index contributed by atoms with van der Waals surface area (Å²) in [6, 6.07) is 9.61. The molecule has 0 spiro atoms. The fraction of sp³-hybridized carbons (Fsp3) is 0.348. The Balaban J connectivity index is 2.32. The minimum Gasteiger partial charge on any atom is -0.465 e. The average Bonchev–Trinajstić information content (AvgIpc) is 3.04. The monoisotopic (exact) mass is 582 g/mol. The van der Waals surface area contributed by atoms with Crippen LogP contribution in [0.25, 0.3) is 0 Å². The van der Waals surface area contributed by atoms with Gasteiger partial charge in [0.15, 0.2) is 11.6 Å². The number of aliphatic hydroxyl groups excluding tert-OH is 1. The van der Waals surface area contributed by atoms with Crippen molar-refractivity contribution in [3.05, 3.63) is 56.5 Å². The van der Waals surface area contributed by atoms with Crippen LogP contribution in [0.5, 0.6) is 0 Å². The molecule has 2 N–H and O–H groups in total. The number of anilines is 2. The van der Waals surface area contributed by atoms with Gasteiger partial charge in [-0.25, -0.2) is 9.59 Å². The molecule has 0 aromatic heterocycles. The number of hydrogen-bond acceptors (Lipinski definition) is 7. The number of nitrogens with one attached hydrogen (secondary N) is 1. The van der Waals surface area contributed by atoms with E-state index in [0.717, 1.165) is 0 Å². The minimum absolute atomic E-state index is 0.0189. The molecule has 0 saturated carbocycles. The summed E-state index contributed by atoms with van der Waals surface area (Å²) >= 11 is 6.82. The number of hydrogen-bond donors (Lipinski definition) is 2. The number of methoxy groups -OCH3 is 1. The van der Waals surface area contributed by atoms with Crippen molar-refractivity contribution in [2.45, 2.75) is 38.5 Å². The first-order valence-electron chi connectivity index (χ1n) is 10.2. The fourth-order valence-electron chi connectivity index (χ4n) is 3.95. The number of fused-ring (bicyclic) bond motifs is 1. The molecule has 3 rings (SSSR count). The zero-order valence-electron chi connectivity index (χ0n) is 18.5. The predicted octanol–water partition coefficient (Wildman–Crippen LogP) is 3.98. The highest BCUT2D eigenvalue weighted by Crippen LogP contribution is 2.49. The number of halogens is 2. The highest BCUT2D eigenvalue weighted by atomic mass is 79.9. The van der Waals surface area contributed by atoms with Gasteiger partial charge in [-0.15, -0.1) is 0 Å². The third-order valence-corrected chi connectivity index (χ3v) is 6.50. The number of esters is 2. The molecule has 10 heteroatoms. The maximum absolute atomic E-state index is 14.0. The SMILES string of the molecule is CCOC(=O)C(O)C1(Nc2ccc(Br)cc2C(=O)OC)C(=O)N(C(C)C)c2c(Br)cccc21. The quantitative estimate of drug-likeness (QED) is 0.475. The largest absolute Gasteiger partial charge is 0.465 e. The average molecular weight is 584 g/mol. The molecule has 2 atom stereocenters. The van der Waals surface area contributed by atoms with Gasteiger partial charge < -0.3 is 24.8 Å². The van der Waals surface area contributed by atoms with Crippen LogP contribution in [-0.2, 0) is 24.6 Å². The van der Waals surface area contributed by atoms with E-state index >= 15 is 0 Å².